The number of aromatic nitrogens is 1. The molecule has 0 N–H and O–H groups in total. The molecule has 0 amide bonds. The fourth-order valence-electron chi connectivity index (χ4n) is 3.30. The summed E-state index contributed by atoms with van der Waals surface area (Å²) in [6, 6.07) is 4.10. The van der Waals surface area contributed by atoms with Gasteiger partial charge in [-0.15, -0.1) is 0 Å². The third-order valence-electron chi connectivity index (χ3n) is 4.12. The smallest absolute Gasteiger partial charge is 0.293 e. The second-order valence-electron chi connectivity index (χ2n) is 5.14. The lowest BCUT2D eigenvalue weighted by Gasteiger charge is -2.23. The van der Waals surface area contributed by atoms with Gasteiger partial charge in [-0.2, -0.15) is 13.2 Å². The lowest BCUT2D eigenvalue weighted by Crippen LogP contribution is -2.29. The molecule has 2 aliphatic rings. The number of hydrogen-bond donors (Lipinski definition) is 0. The molecule has 2 saturated heterocycles. The van der Waals surface area contributed by atoms with Crippen LogP contribution < -0.4 is 0 Å². The highest BCUT2D eigenvalue weighted by Crippen LogP contribution is 2.39. The van der Waals surface area contributed by atoms with Crippen LogP contribution in [0, 0.1) is 0 Å². The first kappa shape index (κ1) is 12.0. The van der Waals surface area contributed by atoms with Gasteiger partial charge in [-0.1, -0.05) is 6.07 Å². The van der Waals surface area contributed by atoms with Gasteiger partial charge in [-0.05, 0) is 37.3 Å². The van der Waals surface area contributed by atoms with Gasteiger partial charge in [0.1, 0.15) is 5.69 Å². The molecule has 3 heterocycles. The standard InChI is InChI=1S/C13H15F3N2/c14-13(15,16)12-9(2-1-7-17-12)8-18-10-3-4-11(18)6-5-10/h1-2,7,10-11H,3-6,8H2. The number of rotatable bonds is 2. The Kier molecular flexibility index (Phi) is 2.81. The molecule has 2 bridgehead atoms. The Morgan fingerprint density at radius 3 is 2.33 bits per heavy atom. The van der Waals surface area contributed by atoms with Gasteiger partial charge in [0.15, 0.2) is 0 Å². The topological polar surface area (TPSA) is 16.1 Å². The van der Waals surface area contributed by atoms with Crippen molar-refractivity contribution in [3.8, 4) is 0 Å². The van der Waals surface area contributed by atoms with E-state index in [4.69, 9.17) is 0 Å². The second kappa shape index (κ2) is 4.23. The van der Waals surface area contributed by atoms with E-state index in [1.54, 1.807) is 12.1 Å². The second-order valence-corrected chi connectivity index (χ2v) is 5.14. The number of pyridine rings is 1. The maximum absolute atomic E-state index is 12.9. The van der Waals surface area contributed by atoms with E-state index in [1.165, 1.54) is 6.20 Å². The Labute approximate surface area is 104 Å². The Hall–Kier alpha value is -1.10. The zero-order chi connectivity index (χ0) is 12.8. The predicted molar refractivity (Wildman–Crippen MR) is 60.8 cm³/mol. The normalized spacial score (nSPS) is 27.9. The van der Waals surface area contributed by atoms with Crippen LogP contribution in [0.15, 0.2) is 18.3 Å². The molecule has 0 unspecified atom stereocenters. The summed E-state index contributed by atoms with van der Waals surface area (Å²) in [5.41, 5.74) is -0.417. The van der Waals surface area contributed by atoms with Crippen molar-refractivity contribution >= 4 is 0 Å². The highest BCUT2D eigenvalue weighted by Gasteiger charge is 2.41. The van der Waals surface area contributed by atoms with E-state index >= 15 is 0 Å². The molecule has 98 valence electrons. The summed E-state index contributed by atoms with van der Waals surface area (Å²) in [6.45, 7) is 0.387. The molecule has 2 fully saturated rings. The van der Waals surface area contributed by atoms with Gasteiger partial charge in [0.2, 0.25) is 0 Å². The lowest BCUT2D eigenvalue weighted by atomic mass is 10.0. The number of fused-ring (bicyclic) bond motifs is 2. The van der Waals surface area contributed by atoms with E-state index in [9.17, 15) is 13.2 Å². The summed E-state index contributed by atoms with van der Waals surface area (Å²) in [6.07, 6.45) is 1.39. The first-order valence-electron chi connectivity index (χ1n) is 6.32. The highest BCUT2D eigenvalue weighted by molar-refractivity contribution is 5.23. The molecule has 0 radical (unpaired) electrons. The Morgan fingerprint density at radius 2 is 1.78 bits per heavy atom. The zero-order valence-electron chi connectivity index (χ0n) is 9.95. The third kappa shape index (κ3) is 2.00. The molecule has 1 aromatic heterocycles. The number of nitrogens with zero attached hydrogens (tertiary/aromatic N) is 2. The van der Waals surface area contributed by atoms with Crippen molar-refractivity contribution in [3.05, 3.63) is 29.6 Å². The van der Waals surface area contributed by atoms with Crippen molar-refractivity contribution < 1.29 is 13.2 Å². The predicted octanol–water partition coefficient (Wildman–Crippen LogP) is 3.23. The molecule has 0 atom stereocenters. The molecule has 18 heavy (non-hydrogen) atoms. The largest absolute Gasteiger partial charge is 0.433 e. The van der Waals surface area contributed by atoms with Gasteiger partial charge in [0.25, 0.3) is 0 Å². The summed E-state index contributed by atoms with van der Waals surface area (Å²) < 4.78 is 38.6. The van der Waals surface area contributed by atoms with Crippen LogP contribution in [0.3, 0.4) is 0 Å². The van der Waals surface area contributed by atoms with E-state index in [0.29, 0.717) is 24.2 Å². The molecule has 0 saturated carbocycles. The average Bonchev–Trinajstić information content (AvgIpc) is 2.88. The molecular formula is C13H15F3N2. The van der Waals surface area contributed by atoms with Crippen LogP contribution in [0.25, 0.3) is 0 Å². The van der Waals surface area contributed by atoms with Gasteiger partial charge in [0, 0.05) is 24.8 Å². The fraction of sp³-hybridized carbons (Fsp3) is 0.615. The summed E-state index contributed by atoms with van der Waals surface area (Å²) in [5.74, 6) is 0. The Morgan fingerprint density at radius 1 is 1.17 bits per heavy atom. The van der Waals surface area contributed by atoms with Gasteiger partial charge in [-0.3, -0.25) is 9.88 Å². The Bertz CT molecular complexity index is 424. The van der Waals surface area contributed by atoms with Crippen molar-refractivity contribution in [2.45, 2.75) is 50.5 Å². The maximum atomic E-state index is 12.9. The van der Waals surface area contributed by atoms with Gasteiger partial charge < -0.3 is 0 Å². The third-order valence-corrected chi connectivity index (χ3v) is 4.12. The quantitative estimate of drug-likeness (QED) is 0.807. The molecule has 2 aliphatic heterocycles. The van der Waals surface area contributed by atoms with Crippen LogP contribution in [0.1, 0.15) is 36.9 Å². The molecule has 3 rings (SSSR count). The van der Waals surface area contributed by atoms with E-state index in [1.807, 2.05) is 0 Å². The molecule has 2 nitrogen and oxygen atoms in total. The van der Waals surface area contributed by atoms with Crippen LogP contribution in [-0.2, 0) is 12.7 Å². The molecule has 5 heteroatoms. The monoisotopic (exact) mass is 256 g/mol. The van der Waals surface area contributed by atoms with Crippen molar-refractivity contribution in [1.29, 1.82) is 0 Å². The number of hydrogen-bond acceptors (Lipinski definition) is 2. The molecule has 1 aromatic rings. The number of halogens is 3. The maximum Gasteiger partial charge on any atom is 0.433 e. The molecule has 0 aliphatic carbocycles. The van der Waals surface area contributed by atoms with E-state index in [2.05, 4.69) is 9.88 Å². The summed E-state index contributed by atoms with van der Waals surface area (Å²) in [4.78, 5) is 5.74. The Balaban J connectivity index is 1.85. The van der Waals surface area contributed by atoms with Gasteiger partial charge in [0.05, 0.1) is 0 Å². The molecule has 0 spiro atoms. The average molecular weight is 256 g/mol. The van der Waals surface area contributed by atoms with Gasteiger partial charge >= 0.3 is 6.18 Å². The SMILES string of the molecule is FC(F)(F)c1ncccc1CN1C2CCC1CC2. The summed E-state index contributed by atoms with van der Waals surface area (Å²) >= 11 is 0. The zero-order valence-corrected chi connectivity index (χ0v) is 9.95. The lowest BCUT2D eigenvalue weighted by molar-refractivity contribution is -0.142. The summed E-state index contributed by atoms with van der Waals surface area (Å²) in [7, 11) is 0. The highest BCUT2D eigenvalue weighted by atomic mass is 19.4. The molecular weight excluding hydrogens is 241 g/mol. The first-order chi connectivity index (χ1) is 8.55. The van der Waals surface area contributed by atoms with Gasteiger partial charge in [-0.25, -0.2) is 0 Å². The van der Waals surface area contributed by atoms with Crippen molar-refractivity contribution in [3.63, 3.8) is 0 Å². The minimum Gasteiger partial charge on any atom is -0.293 e. The minimum atomic E-state index is -4.35. The molecule has 0 aromatic carbocycles. The van der Waals surface area contributed by atoms with Crippen LogP contribution in [0.5, 0.6) is 0 Å². The van der Waals surface area contributed by atoms with Crippen LogP contribution >= 0.6 is 0 Å². The van der Waals surface area contributed by atoms with Crippen LogP contribution in [0.2, 0.25) is 0 Å². The van der Waals surface area contributed by atoms with Crippen molar-refractivity contribution in [2.75, 3.05) is 0 Å². The van der Waals surface area contributed by atoms with Crippen LogP contribution in [-0.4, -0.2) is 22.0 Å². The van der Waals surface area contributed by atoms with E-state index in [0.717, 1.165) is 25.7 Å². The number of alkyl halides is 3. The minimum absolute atomic E-state index is 0.309. The van der Waals surface area contributed by atoms with E-state index < -0.39 is 11.9 Å². The van der Waals surface area contributed by atoms with Crippen molar-refractivity contribution in [2.24, 2.45) is 0 Å². The first-order valence-corrected chi connectivity index (χ1v) is 6.32. The summed E-state index contributed by atoms with van der Waals surface area (Å²) in [5, 5.41) is 0. The van der Waals surface area contributed by atoms with Crippen molar-refractivity contribution in [1.82, 2.24) is 9.88 Å². The fourth-order valence-corrected chi connectivity index (χ4v) is 3.30. The van der Waals surface area contributed by atoms with E-state index in [-0.39, 0.29) is 0 Å². The van der Waals surface area contributed by atoms with Crippen LogP contribution in [0.4, 0.5) is 13.2 Å².